The highest BCUT2D eigenvalue weighted by molar-refractivity contribution is 5.97. The summed E-state index contributed by atoms with van der Waals surface area (Å²) in [5.74, 6) is -1.60. The second-order valence-electron chi connectivity index (χ2n) is 5.40. The molecule has 2 aromatic rings. The van der Waals surface area contributed by atoms with Gasteiger partial charge >= 0.3 is 12.1 Å². The Bertz CT molecular complexity index is 906. The number of nitrogens with zero attached hydrogens (tertiary/aromatic N) is 1. The number of anilines is 1. The van der Waals surface area contributed by atoms with E-state index in [9.17, 15) is 32.9 Å². The number of rotatable bonds is 6. The smallest absolute Gasteiger partial charge is 0.418 e. The highest BCUT2D eigenvalue weighted by atomic mass is 19.4. The van der Waals surface area contributed by atoms with E-state index < -0.39 is 46.0 Å². The molecule has 0 fully saturated rings. The maximum Gasteiger partial charge on any atom is 0.418 e. The summed E-state index contributed by atoms with van der Waals surface area (Å²) >= 11 is 0. The molecule has 2 rings (SSSR count). The van der Waals surface area contributed by atoms with Crippen LogP contribution in [0.5, 0.6) is 0 Å². The first-order valence-corrected chi connectivity index (χ1v) is 7.66. The molecule has 0 aliphatic heterocycles. The molecule has 1 N–H and O–H groups in total. The molecule has 148 valence electrons. The topological polar surface area (TPSA) is 112 Å². The predicted molar refractivity (Wildman–Crippen MR) is 90.0 cm³/mol. The van der Waals surface area contributed by atoms with Crippen LogP contribution in [-0.2, 0) is 20.5 Å². The summed E-state index contributed by atoms with van der Waals surface area (Å²) in [5, 5.41) is 12.6. The fourth-order valence-corrected chi connectivity index (χ4v) is 2.03. The zero-order chi connectivity index (χ0) is 20.9. The molecule has 1 aromatic heterocycles. The number of benzene rings is 1. The quantitative estimate of drug-likeness (QED) is 0.343. The molecule has 0 aliphatic rings. The number of esters is 1. The number of hydrogen-bond acceptors (Lipinski definition) is 6. The molecule has 0 aliphatic carbocycles. The Hall–Kier alpha value is -3.63. The van der Waals surface area contributed by atoms with Gasteiger partial charge in [-0.25, -0.2) is 4.79 Å². The van der Waals surface area contributed by atoms with Crippen LogP contribution in [0, 0.1) is 10.1 Å². The lowest BCUT2D eigenvalue weighted by Gasteiger charge is -2.16. The van der Waals surface area contributed by atoms with E-state index in [2.05, 4.69) is 0 Å². The molecule has 1 heterocycles. The van der Waals surface area contributed by atoms with E-state index in [1.807, 2.05) is 5.32 Å². The Morgan fingerprint density at radius 3 is 2.61 bits per heavy atom. The first-order chi connectivity index (χ1) is 13.1. The second-order valence-corrected chi connectivity index (χ2v) is 5.40. The Morgan fingerprint density at radius 1 is 1.32 bits per heavy atom. The second kappa shape index (κ2) is 8.37. The SMILES string of the molecule is C[C@H](OC(=O)/C=C/c1ccco1)C(=O)Nc1ccc([N+](=O)[O-])cc1C(F)(F)F. The number of nitro groups is 1. The van der Waals surface area contributed by atoms with Crippen molar-refractivity contribution >= 4 is 29.3 Å². The third-order valence-corrected chi connectivity index (χ3v) is 3.37. The van der Waals surface area contributed by atoms with Crippen LogP contribution in [0.25, 0.3) is 6.08 Å². The van der Waals surface area contributed by atoms with Crippen LogP contribution in [0.15, 0.2) is 47.1 Å². The van der Waals surface area contributed by atoms with Crippen molar-refractivity contribution in [3.05, 3.63) is 64.1 Å². The van der Waals surface area contributed by atoms with Gasteiger partial charge in [0.25, 0.3) is 11.6 Å². The third kappa shape index (κ3) is 5.43. The van der Waals surface area contributed by atoms with Crippen LogP contribution >= 0.6 is 0 Å². The number of amides is 1. The van der Waals surface area contributed by atoms with Gasteiger partial charge in [0.2, 0.25) is 0 Å². The summed E-state index contributed by atoms with van der Waals surface area (Å²) in [6, 6.07) is 5.02. The summed E-state index contributed by atoms with van der Waals surface area (Å²) in [6.45, 7) is 1.16. The van der Waals surface area contributed by atoms with Crippen LogP contribution in [0.3, 0.4) is 0 Å². The van der Waals surface area contributed by atoms with Crippen LogP contribution < -0.4 is 5.32 Å². The average Bonchev–Trinajstić information content (AvgIpc) is 3.12. The van der Waals surface area contributed by atoms with Gasteiger partial charge in [-0.05, 0) is 31.2 Å². The minimum atomic E-state index is -4.94. The number of ether oxygens (including phenoxy) is 1. The number of nitro benzene ring substituents is 1. The maximum atomic E-state index is 13.1. The standard InChI is InChI=1S/C17H13F3N2O6/c1-10(28-15(23)7-5-12-3-2-8-27-12)16(24)21-14-6-4-11(22(25)26)9-13(14)17(18,19)20/h2-10H,1H3,(H,21,24)/b7-5+/t10-/m0/s1. The van der Waals surface area contributed by atoms with Crippen LogP contribution in [-0.4, -0.2) is 22.9 Å². The Labute approximate surface area is 155 Å². The lowest BCUT2D eigenvalue weighted by Crippen LogP contribution is -2.30. The third-order valence-electron chi connectivity index (χ3n) is 3.37. The van der Waals surface area contributed by atoms with Gasteiger partial charge < -0.3 is 14.5 Å². The molecule has 0 saturated carbocycles. The summed E-state index contributed by atoms with van der Waals surface area (Å²) < 4.78 is 49.1. The number of carbonyl (C=O) groups excluding carboxylic acids is 2. The molecule has 0 radical (unpaired) electrons. The number of non-ortho nitro benzene ring substituents is 1. The van der Waals surface area contributed by atoms with Crippen LogP contribution in [0.2, 0.25) is 0 Å². The number of halogens is 3. The van der Waals surface area contributed by atoms with Gasteiger partial charge in [0, 0.05) is 18.2 Å². The molecule has 1 aromatic carbocycles. The number of nitrogens with one attached hydrogen (secondary N) is 1. The molecular weight excluding hydrogens is 385 g/mol. The normalized spacial score (nSPS) is 12.6. The van der Waals surface area contributed by atoms with E-state index in [1.54, 1.807) is 12.1 Å². The fraction of sp³-hybridized carbons (Fsp3) is 0.176. The fourth-order valence-electron chi connectivity index (χ4n) is 2.03. The van der Waals surface area contributed by atoms with E-state index in [0.717, 1.165) is 25.1 Å². The van der Waals surface area contributed by atoms with Crippen molar-refractivity contribution < 1.29 is 36.8 Å². The van der Waals surface area contributed by atoms with Gasteiger partial charge in [-0.3, -0.25) is 14.9 Å². The highest BCUT2D eigenvalue weighted by Gasteiger charge is 2.36. The van der Waals surface area contributed by atoms with Crippen molar-refractivity contribution in [3.63, 3.8) is 0 Å². The van der Waals surface area contributed by atoms with Crippen molar-refractivity contribution in [2.45, 2.75) is 19.2 Å². The van der Waals surface area contributed by atoms with Crippen molar-refractivity contribution in [1.82, 2.24) is 0 Å². The molecule has 1 atom stereocenters. The molecule has 0 spiro atoms. The van der Waals surface area contributed by atoms with E-state index in [-0.39, 0.29) is 0 Å². The van der Waals surface area contributed by atoms with Gasteiger partial charge in [-0.1, -0.05) is 0 Å². The number of furan rings is 1. The Balaban J connectivity index is 2.08. The zero-order valence-corrected chi connectivity index (χ0v) is 14.2. The van der Waals surface area contributed by atoms with Crippen LogP contribution in [0.1, 0.15) is 18.2 Å². The van der Waals surface area contributed by atoms with Gasteiger partial charge in [-0.15, -0.1) is 0 Å². The van der Waals surface area contributed by atoms with Crippen molar-refractivity contribution in [1.29, 1.82) is 0 Å². The minimum absolute atomic E-state index is 0.304. The predicted octanol–water partition coefficient (Wildman–Crippen LogP) is 3.79. The van der Waals surface area contributed by atoms with E-state index >= 15 is 0 Å². The lowest BCUT2D eigenvalue weighted by atomic mass is 10.1. The molecular formula is C17H13F3N2O6. The largest absolute Gasteiger partial charge is 0.465 e. The molecule has 1 amide bonds. The van der Waals surface area contributed by atoms with E-state index in [0.29, 0.717) is 11.8 Å². The highest BCUT2D eigenvalue weighted by Crippen LogP contribution is 2.37. The van der Waals surface area contributed by atoms with Gasteiger partial charge in [-0.2, -0.15) is 13.2 Å². The van der Waals surface area contributed by atoms with Crippen molar-refractivity contribution in [2.24, 2.45) is 0 Å². The van der Waals surface area contributed by atoms with E-state index in [1.165, 1.54) is 12.3 Å². The summed E-state index contributed by atoms with van der Waals surface area (Å²) in [7, 11) is 0. The summed E-state index contributed by atoms with van der Waals surface area (Å²) in [5.41, 5.74) is -2.88. The molecule has 11 heteroatoms. The van der Waals surface area contributed by atoms with Gasteiger partial charge in [0.15, 0.2) is 6.10 Å². The Kier molecular flexibility index (Phi) is 6.18. The van der Waals surface area contributed by atoms with Crippen LogP contribution in [0.4, 0.5) is 24.5 Å². The van der Waals surface area contributed by atoms with Gasteiger partial charge in [0.05, 0.1) is 22.4 Å². The molecule has 28 heavy (non-hydrogen) atoms. The number of alkyl halides is 3. The monoisotopic (exact) mass is 398 g/mol. The molecule has 0 saturated heterocycles. The van der Waals surface area contributed by atoms with E-state index in [4.69, 9.17) is 9.15 Å². The molecule has 0 unspecified atom stereocenters. The zero-order valence-electron chi connectivity index (χ0n) is 14.2. The molecule has 8 nitrogen and oxygen atoms in total. The lowest BCUT2D eigenvalue weighted by molar-refractivity contribution is -0.385. The maximum absolute atomic E-state index is 13.1. The minimum Gasteiger partial charge on any atom is -0.465 e. The summed E-state index contributed by atoms with van der Waals surface area (Å²) in [6.07, 6.45) is -2.73. The summed E-state index contributed by atoms with van der Waals surface area (Å²) in [4.78, 5) is 33.4. The first kappa shape index (κ1) is 20.7. The average molecular weight is 398 g/mol. The van der Waals surface area contributed by atoms with Crippen molar-refractivity contribution in [2.75, 3.05) is 5.32 Å². The number of hydrogen-bond donors (Lipinski definition) is 1. The number of carbonyl (C=O) groups is 2. The van der Waals surface area contributed by atoms with Gasteiger partial charge in [0.1, 0.15) is 5.76 Å². The Morgan fingerprint density at radius 2 is 2.04 bits per heavy atom. The van der Waals surface area contributed by atoms with Crippen molar-refractivity contribution in [3.8, 4) is 0 Å². The molecule has 0 bridgehead atoms. The first-order valence-electron chi connectivity index (χ1n) is 7.66.